The van der Waals surface area contributed by atoms with E-state index < -0.39 is 30.1 Å². The van der Waals surface area contributed by atoms with E-state index in [2.05, 4.69) is 10.6 Å². The minimum absolute atomic E-state index is 0.416. The van der Waals surface area contributed by atoms with Crippen molar-refractivity contribution < 1.29 is 23.1 Å². The number of carbonyl (C=O) groups is 1. The second kappa shape index (κ2) is 5.88. The molecule has 1 aliphatic rings. The van der Waals surface area contributed by atoms with Crippen molar-refractivity contribution in [3.05, 3.63) is 0 Å². The lowest BCUT2D eigenvalue weighted by Crippen LogP contribution is -2.52. The van der Waals surface area contributed by atoms with Gasteiger partial charge in [-0.15, -0.1) is 0 Å². The summed E-state index contributed by atoms with van der Waals surface area (Å²) in [7, 11) is 0. The van der Waals surface area contributed by atoms with E-state index in [4.69, 9.17) is 5.11 Å². The smallest absolute Gasteiger partial charge is 0.382 e. The highest BCUT2D eigenvalue weighted by molar-refractivity contribution is 5.83. The van der Waals surface area contributed by atoms with E-state index in [0.717, 1.165) is 13.0 Å². The Balaban J connectivity index is 2.53. The highest BCUT2D eigenvalue weighted by atomic mass is 19.4. The van der Waals surface area contributed by atoms with Crippen LogP contribution in [0.4, 0.5) is 13.2 Å². The predicted molar refractivity (Wildman–Crippen MR) is 59.9 cm³/mol. The molecule has 0 radical (unpaired) electrons. The molecule has 2 atom stereocenters. The fourth-order valence-corrected chi connectivity index (χ4v) is 2.12. The maximum atomic E-state index is 12.1. The molecule has 7 heteroatoms. The number of amides is 1. The molecule has 4 nitrogen and oxygen atoms in total. The van der Waals surface area contributed by atoms with E-state index in [9.17, 15) is 18.0 Å². The molecule has 0 aliphatic carbocycles. The Morgan fingerprint density at radius 2 is 2.22 bits per heavy atom. The number of rotatable bonds is 4. The van der Waals surface area contributed by atoms with Crippen LogP contribution in [0.15, 0.2) is 0 Å². The van der Waals surface area contributed by atoms with Crippen molar-refractivity contribution in [2.75, 3.05) is 19.6 Å². The molecule has 2 unspecified atom stereocenters. The third-order valence-corrected chi connectivity index (χ3v) is 3.46. The van der Waals surface area contributed by atoms with Crippen LogP contribution >= 0.6 is 0 Å². The van der Waals surface area contributed by atoms with Gasteiger partial charge in [-0.1, -0.05) is 6.92 Å². The van der Waals surface area contributed by atoms with Crippen LogP contribution in [0.2, 0.25) is 0 Å². The minimum atomic E-state index is -4.70. The largest absolute Gasteiger partial charge is 0.416 e. The summed E-state index contributed by atoms with van der Waals surface area (Å²) < 4.78 is 36.3. The Morgan fingerprint density at radius 3 is 2.67 bits per heavy atom. The SMILES string of the molecule is CCC1(C(=O)NCC(O)C(F)(F)F)CCCNC1. The molecule has 1 amide bonds. The van der Waals surface area contributed by atoms with Gasteiger partial charge in [-0.05, 0) is 25.8 Å². The summed E-state index contributed by atoms with van der Waals surface area (Å²) >= 11 is 0. The normalized spacial score (nSPS) is 26.7. The Bertz CT molecular complexity index is 289. The van der Waals surface area contributed by atoms with Crippen LogP contribution in [-0.2, 0) is 4.79 Å². The van der Waals surface area contributed by atoms with Crippen LogP contribution in [0.25, 0.3) is 0 Å². The van der Waals surface area contributed by atoms with Crippen molar-refractivity contribution in [1.29, 1.82) is 0 Å². The summed E-state index contributed by atoms with van der Waals surface area (Å²) in [6.07, 6.45) is -5.16. The Labute approximate surface area is 104 Å². The van der Waals surface area contributed by atoms with E-state index in [1.807, 2.05) is 6.92 Å². The molecule has 106 valence electrons. The van der Waals surface area contributed by atoms with Gasteiger partial charge in [0.05, 0.1) is 12.0 Å². The molecule has 0 aromatic heterocycles. The summed E-state index contributed by atoms with van der Waals surface area (Å²) in [5, 5.41) is 14.1. The molecule has 1 rings (SSSR count). The van der Waals surface area contributed by atoms with E-state index in [0.29, 0.717) is 19.4 Å². The lowest BCUT2D eigenvalue weighted by Gasteiger charge is -2.35. The molecular formula is C11H19F3N2O2. The highest BCUT2D eigenvalue weighted by Gasteiger charge is 2.41. The fourth-order valence-electron chi connectivity index (χ4n) is 2.12. The van der Waals surface area contributed by atoms with Crippen LogP contribution in [0, 0.1) is 5.41 Å². The standard InChI is InChI=1S/C11H19F3N2O2/c1-2-10(4-3-5-15-7-10)9(18)16-6-8(17)11(12,13)14/h8,15,17H,2-7H2,1H3,(H,16,18). The van der Waals surface area contributed by atoms with Gasteiger partial charge in [-0.3, -0.25) is 4.79 Å². The molecule has 18 heavy (non-hydrogen) atoms. The first-order valence-corrected chi connectivity index (χ1v) is 6.05. The molecule has 0 aromatic rings. The number of aliphatic hydroxyl groups is 1. The first kappa shape index (κ1) is 15.2. The monoisotopic (exact) mass is 268 g/mol. The van der Waals surface area contributed by atoms with E-state index in [1.165, 1.54) is 0 Å². The molecular weight excluding hydrogens is 249 g/mol. The van der Waals surface area contributed by atoms with E-state index >= 15 is 0 Å². The number of piperidine rings is 1. The zero-order valence-corrected chi connectivity index (χ0v) is 10.3. The Morgan fingerprint density at radius 1 is 1.56 bits per heavy atom. The van der Waals surface area contributed by atoms with Crippen molar-refractivity contribution in [1.82, 2.24) is 10.6 Å². The molecule has 0 saturated carbocycles. The lowest BCUT2D eigenvalue weighted by atomic mass is 9.77. The van der Waals surface area contributed by atoms with Crippen LogP contribution in [0.3, 0.4) is 0 Å². The van der Waals surface area contributed by atoms with Gasteiger partial charge in [0, 0.05) is 6.54 Å². The van der Waals surface area contributed by atoms with E-state index in [-0.39, 0.29) is 0 Å². The van der Waals surface area contributed by atoms with Gasteiger partial charge < -0.3 is 15.7 Å². The van der Waals surface area contributed by atoms with Crippen LogP contribution in [-0.4, -0.2) is 42.9 Å². The third-order valence-electron chi connectivity index (χ3n) is 3.46. The van der Waals surface area contributed by atoms with Crippen molar-refractivity contribution in [3.63, 3.8) is 0 Å². The number of alkyl halides is 3. The van der Waals surface area contributed by atoms with Gasteiger partial charge in [0.2, 0.25) is 5.91 Å². The topological polar surface area (TPSA) is 61.4 Å². The van der Waals surface area contributed by atoms with Gasteiger partial charge in [0.25, 0.3) is 0 Å². The maximum absolute atomic E-state index is 12.1. The summed E-state index contributed by atoms with van der Waals surface area (Å²) in [6, 6.07) is 0. The summed E-state index contributed by atoms with van der Waals surface area (Å²) in [5.74, 6) is -0.416. The second-order valence-electron chi connectivity index (χ2n) is 4.68. The first-order chi connectivity index (χ1) is 8.32. The molecule has 1 aliphatic heterocycles. The van der Waals surface area contributed by atoms with Crippen molar-refractivity contribution in [2.24, 2.45) is 5.41 Å². The number of halogens is 3. The molecule has 1 saturated heterocycles. The Kier molecular flexibility index (Phi) is 4.98. The number of nitrogens with one attached hydrogen (secondary N) is 2. The van der Waals surface area contributed by atoms with Crippen LogP contribution in [0.5, 0.6) is 0 Å². The second-order valence-corrected chi connectivity index (χ2v) is 4.68. The maximum Gasteiger partial charge on any atom is 0.416 e. The van der Waals surface area contributed by atoms with Gasteiger partial charge in [-0.2, -0.15) is 13.2 Å². The van der Waals surface area contributed by atoms with E-state index in [1.54, 1.807) is 0 Å². The third kappa shape index (κ3) is 3.58. The molecule has 1 heterocycles. The van der Waals surface area contributed by atoms with Gasteiger partial charge in [0.15, 0.2) is 6.10 Å². The quantitative estimate of drug-likeness (QED) is 0.707. The van der Waals surface area contributed by atoms with Crippen LogP contribution < -0.4 is 10.6 Å². The lowest BCUT2D eigenvalue weighted by molar-refractivity contribution is -0.202. The Hall–Kier alpha value is -0.820. The summed E-state index contributed by atoms with van der Waals surface area (Å²) in [4.78, 5) is 12.0. The average Bonchev–Trinajstić information content (AvgIpc) is 2.35. The molecule has 0 spiro atoms. The molecule has 0 bridgehead atoms. The van der Waals surface area contributed by atoms with Crippen LogP contribution in [0.1, 0.15) is 26.2 Å². The van der Waals surface area contributed by atoms with Crippen molar-refractivity contribution in [3.8, 4) is 0 Å². The van der Waals surface area contributed by atoms with Gasteiger partial charge in [-0.25, -0.2) is 0 Å². The predicted octanol–water partition coefficient (Wildman–Crippen LogP) is 0.806. The average molecular weight is 268 g/mol. The number of carbonyl (C=O) groups excluding carboxylic acids is 1. The minimum Gasteiger partial charge on any atom is -0.382 e. The van der Waals surface area contributed by atoms with Gasteiger partial charge >= 0.3 is 6.18 Å². The zero-order valence-electron chi connectivity index (χ0n) is 10.3. The highest BCUT2D eigenvalue weighted by Crippen LogP contribution is 2.30. The first-order valence-electron chi connectivity index (χ1n) is 6.05. The summed E-state index contributed by atoms with van der Waals surface area (Å²) in [5.41, 5.74) is -0.649. The summed E-state index contributed by atoms with van der Waals surface area (Å²) in [6.45, 7) is 2.34. The van der Waals surface area contributed by atoms with Crippen molar-refractivity contribution in [2.45, 2.75) is 38.5 Å². The van der Waals surface area contributed by atoms with Crippen molar-refractivity contribution >= 4 is 5.91 Å². The number of hydrogen-bond acceptors (Lipinski definition) is 3. The number of hydrogen-bond donors (Lipinski definition) is 3. The van der Waals surface area contributed by atoms with Gasteiger partial charge in [0.1, 0.15) is 0 Å². The molecule has 1 fully saturated rings. The molecule has 3 N–H and O–H groups in total. The fraction of sp³-hybridized carbons (Fsp3) is 0.909. The number of aliphatic hydroxyl groups excluding tert-OH is 1. The molecule has 0 aromatic carbocycles. The zero-order chi connectivity index (χ0) is 13.8.